The fourth-order valence-corrected chi connectivity index (χ4v) is 3.73. The largest absolute Gasteiger partial charge is 0.493 e. The zero-order valence-electron chi connectivity index (χ0n) is 15.0. The molecule has 26 heavy (non-hydrogen) atoms. The Bertz CT molecular complexity index is 979. The molecule has 0 N–H and O–H groups in total. The van der Waals surface area contributed by atoms with Gasteiger partial charge in [0.25, 0.3) is 0 Å². The molecule has 0 bridgehead atoms. The molecule has 3 aromatic rings. The van der Waals surface area contributed by atoms with Gasteiger partial charge in [0.05, 0.1) is 25.6 Å². The Balaban J connectivity index is 1.55. The van der Waals surface area contributed by atoms with E-state index >= 15 is 0 Å². The van der Waals surface area contributed by atoms with Gasteiger partial charge >= 0.3 is 0 Å². The van der Waals surface area contributed by atoms with Crippen LogP contribution in [0.25, 0.3) is 5.65 Å². The molecular formula is C19H21N5O2. The first-order valence-corrected chi connectivity index (χ1v) is 8.96. The fraction of sp³-hybridized carbons (Fsp3) is 0.421. The van der Waals surface area contributed by atoms with Gasteiger partial charge in [0.1, 0.15) is 6.33 Å². The Labute approximate surface area is 151 Å². The van der Waals surface area contributed by atoms with Crippen molar-refractivity contribution in [3.8, 4) is 11.5 Å². The molecule has 1 fully saturated rings. The average Bonchev–Trinajstić information content (AvgIpc) is 3.43. The zero-order chi connectivity index (χ0) is 17.7. The van der Waals surface area contributed by atoms with Gasteiger partial charge in [-0.1, -0.05) is 0 Å². The number of nitrogens with zero attached hydrogens (tertiary/aromatic N) is 5. The third-order valence-corrected chi connectivity index (χ3v) is 5.32. The van der Waals surface area contributed by atoms with Crippen LogP contribution in [0.1, 0.15) is 35.6 Å². The van der Waals surface area contributed by atoms with E-state index in [1.54, 1.807) is 20.5 Å². The van der Waals surface area contributed by atoms with Gasteiger partial charge in [-0.05, 0) is 48.6 Å². The van der Waals surface area contributed by atoms with Gasteiger partial charge < -0.3 is 14.4 Å². The van der Waals surface area contributed by atoms with E-state index in [2.05, 4.69) is 38.4 Å². The normalized spacial score (nSPS) is 16.6. The Kier molecular flexibility index (Phi) is 3.48. The summed E-state index contributed by atoms with van der Waals surface area (Å²) < 4.78 is 12.7. The predicted molar refractivity (Wildman–Crippen MR) is 97.1 cm³/mol. The first-order chi connectivity index (χ1) is 12.8. The van der Waals surface area contributed by atoms with E-state index in [4.69, 9.17) is 9.47 Å². The molecule has 2 aliphatic rings. The first kappa shape index (κ1) is 15.4. The van der Waals surface area contributed by atoms with Crippen molar-refractivity contribution in [1.29, 1.82) is 0 Å². The predicted octanol–water partition coefficient (Wildman–Crippen LogP) is 2.58. The highest BCUT2D eigenvalue weighted by Gasteiger charge is 2.28. The van der Waals surface area contributed by atoms with Gasteiger partial charge in [-0.2, -0.15) is 9.61 Å². The number of aromatic nitrogens is 4. The number of benzene rings is 1. The van der Waals surface area contributed by atoms with Crippen LogP contribution in [0, 0.1) is 0 Å². The van der Waals surface area contributed by atoms with Crippen LogP contribution in [-0.2, 0) is 13.0 Å². The van der Waals surface area contributed by atoms with Gasteiger partial charge in [0.15, 0.2) is 11.5 Å². The second-order valence-corrected chi connectivity index (χ2v) is 6.98. The van der Waals surface area contributed by atoms with Crippen molar-refractivity contribution in [3.63, 3.8) is 0 Å². The molecular weight excluding hydrogens is 330 g/mol. The third-order valence-electron chi connectivity index (χ3n) is 5.32. The highest BCUT2D eigenvalue weighted by Crippen LogP contribution is 2.41. The maximum Gasteiger partial charge on any atom is 0.200 e. The van der Waals surface area contributed by atoms with E-state index in [1.807, 2.05) is 4.52 Å². The van der Waals surface area contributed by atoms with Crippen molar-refractivity contribution < 1.29 is 9.47 Å². The molecule has 0 unspecified atom stereocenters. The van der Waals surface area contributed by atoms with Crippen LogP contribution in [0.4, 0.5) is 5.69 Å². The van der Waals surface area contributed by atoms with Crippen molar-refractivity contribution in [2.45, 2.75) is 31.7 Å². The van der Waals surface area contributed by atoms with Crippen LogP contribution in [0.3, 0.4) is 0 Å². The Morgan fingerprint density at radius 1 is 1.04 bits per heavy atom. The lowest BCUT2D eigenvalue weighted by molar-refractivity contribution is 0.353. The van der Waals surface area contributed by atoms with Gasteiger partial charge in [0.2, 0.25) is 5.65 Å². The van der Waals surface area contributed by atoms with E-state index in [0.29, 0.717) is 5.92 Å². The first-order valence-electron chi connectivity index (χ1n) is 8.96. The second kappa shape index (κ2) is 5.86. The third kappa shape index (κ3) is 2.46. The molecule has 1 aliphatic heterocycles. The molecule has 1 saturated carbocycles. The Morgan fingerprint density at radius 2 is 1.81 bits per heavy atom. The van der Waals surface area contributed by atoms with Crippen LogP contribution in [0.2, 0.25) is 0 Å². The maximum absolute atomic E-state index is 5.48. The molecule has 0 saturated heterocycles. The van der Waals surface area contributed by atoms with E-state index in [9.17, 15) is 0 Å². The van der Waals surface area contributed by atoms with E-state index in [0.717, 1.165) is 48.0 Å². The van der Waals surface area contributed by atoms with Crippen molar-refractivity contribution in [2.24, 2.45) is 0 Å². The van der Waals surface area contributed by atoms with Crippen LogP contribution in [0.15, 0.2) is 24.5 Å². The quantitative estimate of drug-likeness (QED) is 0.720. The lowest BCUT2D eigenvalue weighted by Gasteiger charge is -2.31. The highest BCUT2D eigenvalue weighted by atomic mass is 16.5. The summed E-state index contributed by atoms with van der Waals surface area (Å²) in [6, 6.07) is 6.39. The maximum atomic E-state index is 5.48. The summed E-state index contributed by atoms with van der Waals surface area (Å²) in [5.74, 6) is 2.15. The van der Waals surface area contributed by atoms with Gasteiger partial charge in [0, 0.05) is 19.0 Å². The lowest BCUT2D eigenvalue weighted by Crippen LogP contribution is -2.31. The molecule has 1 aliphatic carbocycles. The van der Waals surface area contributed by atoms with Gasteiger partial charge in [-0.15, -0.1) is 10.2 Å². The smallest absolute Gasteiger partial charge is 0.200 e. The van der Waals surface area contributed by atoms with Gasteiger partial charge in [-0.3, -0.25) is 0 Å². The van der Waals surface area contributed by atoms with Crippen molar-refractivity contribution in [2.75, 3.05) is 25.7 Å². The summed E-state index contributed by atoms with van der Waals surface area (Å²) in [6.45, 7) is 1.74. The van der Waals surface area contributed by atoms with Crippen molar-refractivity contribution in [1.82, 2.24) is 19.8 Å². The minimum atomic E-state index is 0.585. The lowest BCUT2D eigenvalue weighted by atomic mass is 9.98. The van der Waals surface area contributed by atoms with Crippen LogP contribution in [0.5, 0.6) is 11.5 Å². The molecule has 134 valence electrons. The monoisotopic (exact) mass is 351 g/mol. The van der Waals surface area contributed by atoms with E-state index in [-0.39, 0.29) is 0 Å². The molecule has 0 radical (unpaired) electrons. The number of methoxy groups -OCH3 is 2. The van der Waals surface area contributed by atoms with Gasteiger partial charge in [-0.25, -0.2) is 0 Å². The van der Waals surface area contributed by atoms with Crippen molar-refractivity contribution >= 4 is 11.3 Å². The Hall–Kier alpha value is -2.83. The van der Waals surface area contributed by atoms with E-state index in [1.165, 1.54) is 24.0 Å². The second-order valence-electron chi connectivity index (χ2n) is 6.98. The van der Waals surface area contributed by atoms with Crippen molar-refractivity contribution in [3.05, 3.63) is 41.3 Å². The summed E-state index contributed by atoms with van der Waals surface area (Å²) in [5.41, 5.74) is 5.65. The number of ether oxygens (including phenoxy) is 2. The summed E-state index contributed by atoms with van der Waals surface area (Å²) >= 11 is 0. The van der Waals surface area contributed by atoms with E-state index < -0.39 is 0 Å². The summed E-state index contributed by atoms with van der Waals surface area (Å²) in [5, 5.41) is 13.0. The topological polar surface area (TPSA) is 64.8 Å². The van der Waals surface area contributed by atoms with Crippen LogP contribution < -0.4 is 14.4 Å². The zero-order valence-corrected chi connectivity index (χ0v) is 15.0. The molecule has 0 amide bonds. The molecule has 7 nitrogen and oxygen atoms in total. The molecule has 7 heteroatoms. The SMILES string of the molecule is COc1cc2c(cc1OC)CN(c1cc(C3CC3)nn3cnnc13)CC2. The van der Waals surface area contributed by atoms with Crippen LogP contribution >= 0.6 is 0 Å². The molecule has 5 rings (SSSR count). The molecule has 1 aromatic carbocycles. The summed E-state index contributed by atoms with van der Waals surface area (Å²) in [7, 11) is 3.35. The number of hydrogen-bond acceptors (Lipinski definition) is 6. The fourth-order valence-electron chi connectivity index (χ4n) is 3.73. The summed E-state index contributed by atoms with van der Waals surface area (Å²) in [6.07, 6.45) is 5.09. The average molecular weight is 351 g/mol. The highest BCUT2D eigenvalue weighted by molar-refractivity contribution is 5.69. The number of fused-ring (bicyclic) bond motifs is 2. The van der Waals surface area contributed by atoms with Crippen LogP contribution in [-0.4, -0.2) is 40.6 Å². The standard InChI is InChI=1S/C19H21N5O2/c1-25-17-7-13-5-6-23(10-14(13)8-18(17)26-2)16-9-15(12-3-4-12)22-24-11-20-21-19(16)24/h7-9,11-12H,3-6,10H2,1-2H3. The molecule has 0 atom stereocenters. The molecule has 3 heterocycles. The minimum Gasteiger partial charge on any atom is -0.493 e. The number of hydrogen-bond donors (Lipinski definition) is 0. The minimum absolute atomic E-state index is 0.585. The number of rotatable bonds is 4. The molecule has 0 spiro atoms. The molecule has 2 aromatic heterocycles. The number of anilines is 1. The summed E-state index contributed by atoms with van der Waals surface area (Å²) in [4.78, 5) is 2.37. The Morgan fingerprint density at radius 3 is 2.54 bits per heavy atom.